The van der Waals surface area contributed by atoms with Gasteiger partial charge in [0.25, 0.3) is 5.56 Å². The van der Waals surface area contributed by atoms with Gasteiger partial charge in [0, 0.05) is 11.9 Å². The molecule has 2 heterocycles. The smallest absolute Gasteiger partial charge is 0.269 e. The molecule has 2 aromatic carbocycles. The van der Waals surface area contributed by atoms with E-state index in [0.29, 0.717) is 28.2 Å². The SMILES string of the molecule is Cc1cc(NC(=O)Cn2c(=O)cnc3ccccc32)ccc1Oc1cccnc1. The van der Waals surface area contributed by atoms with Gasteiger partial charge in [-0.05, 0) is 55.0 Å². The maximum absolute atomic E-state index is 12.5. The van der Waals surface area contributed by atoms with Crippen LogP contribution in [0.25, 0.3) is 11.0 Å². The number of ether oxygens (including phenoxy) is 1. The van der Waals surface area contributed by atoms with Gasteiger partial charge in [-0.3, -0.25) is 19.1 Å². The van der Waals surface area contributed by atoms with E-state index < -0.39 is 0 Å². The highest BCUT2D eigenvalue weighted by Crippen LogP contribution is 2.26. The minimum Gasteiger partial charge on any atom is -0.455 e. The molecular formula is C22H18N4O3. The standard InChI is InChI=1S/C22H18N4O3/c1-15-11-16(8-9-20(15)29-17-5-4-10-23-12-17)25-21(27)14-26-19-7-3-2-6-18(19)24-13-22(26)28/h2-13H,14H2,1H3,(H,25,27). The van der Waals surface area contributed by atoms with E-state index in [4.69, 9.17) is 4.74 Å². The van der Waals surface area contributed by atoms with Crippen LogP contribution in [-0.2, 0) is 11.3 Å². The van der Waals surface area contributed by atoms with Crippen molar-refractivity contribution < 1.29 is 9.53 Å². The third kappa shape index (κ3) is 4.14. The number of rotatable bonds is 5. The molecule has 0 saturated heterocycles. The Morgan fingerprint density at radius 3 is 2.76 bits per heavy atom. The molecule has 0 aliphatic rings. The van der Waals surface area contributed by atoms with Crippen LogP contribution in [0.2, 0.25) is 0 Å². The number of hydrogen-bond acceptors (Lipinski definition) is 5. The quantitative estimate of drug-likeness (QED) is 0.567. The first-order valence-corrected chi connectivity index (χ1v) is 9.03. The summed E-state index contributed by atoms with van der Waals surface area (Å²) in [6.45, 7) is 1.79. The molecule has 4 aromatic rings. The molecular weight excluding hydrogens is 368 g/mol. The van der Waals surface area contributed by atoms with Crippen molar-refractivity contribution in [2.45, 2.75) is 13.5 Å². The van der Waals surface area contributed by atoms with Crippen LogP contribution in [0.1, 0.15) is 5.56 Å². The van der Waals surface area contributed by atoms with Crippen molar-refractivity contribution in [3.05, 3.63) is 89.1 Å². The van der Waals surface area contributed by atoms with Gasteiger partial charge < -0.3 is 10.1 Å². The van der Waals surface area contributed by atoms with E-state index in [1.807, 2.05) is 31.2 Å². The molecule has 0 bridgehead atoms. The maximum atomic E-state index is 12.5. The van der Waals surface area contributed by atoms with Crippen molar-refractivity contribution in [2.75, 3.05) is 5.32 Å². The number of para-hydroxylation sites is 2. The lowest BCUT2D eigenvalue weighted by atomic mass is 10.2. The predicted octanol–water partition coefficient (Wildman–Crippen LogP) is 3.53. The van der Waals surface area contributed by atoms with E-state index in [2.05, 4.69) is 15.3 Å². The Bertz CT molecular complexity index is 1240. The van der Waals surface area contributed by atoms with Gasteiger partial charge in [0.05, 0.1) is 23.4 Å². The highest BCUT2D eigenvalue weighted by molar-refractivity contribution is 5.91. The summed E-state index contributed by atoms with van der Waals surface area (Å²) in [6, 6.07) is 16.2. The topological polar surface area (TPSA) is 86.1 Å². The van der Waals surface area contributed by atoms with Gasteiger partial charge in [-0.15, -0.1) is 0 Å². The Balaban J connectivity index is 1.50. The third-order valence-electron chi connectivity index (χ3n) is 4.38. The summed E-state index contributed by atoms with van der Waals surface area (Å²) in [6.07, 6.45) is 4.53. The molecule has 1 amide bonds. The summed E-state index contributed by atoms with van der Waals surface area (Å²) in [7, 11) is 0. The molecule has 0 aliphatic carbocycles. The Hall–Kier alpha value is -4.00. The fraction of sp³-hybridized carbons (Fsp3) is 0.0909. The van der Waals surface area contributed by atoms with E-state index in [0.717, 1.165) is 5.56 Å². The lowest BCUT2D eigenvalue weighted by Gasteiger charge is -2.12. The summed E-state index contributed by atoms with van der Waals surface area (Å²) in [5.41, 5.74) is 2.44. The number of aryl methyl sites for hydroxylation is 1. The van der Waals surface area contributed by atoms with Crippen molar-refractivity contribution in [1.29, 1.82) is 0 Å². The van der Waals surface area contributed by atoms with Crippen molar-refractivity contribution in [3.63, 3.8) is 0 Å². The molecule has 7 heteroatoms. The molecule has 0 unspecified atom stereocenters. The van der Waals surface area contributed by atoms with E-state index in [1.54, 1.807) is 42.7 Å². The highest BCUT2D eigenvalue weighted by atomic mass is 16.5. The third-order valence-corrected chi connectivity index (χ3v) is 4.38. The van der Waals surface area contributed by atoms with E-state index >= 15 is 0 Å². The van der Waals surface area contributed by atoms with Crippen LogP contribution >= 0.6 is 0 Å². The van der Waals surface area contributed by atoms with Crippen LogP contribution in [0.4, 0.5) is 5.69 Å². The zero-order valence-electron chi connectivity index (χ0n) is 15.7. The largest absolute Gasteiger partial charge is 0.455 e. The van der Waals surface area contributed by atoms with E-state index in [-0.39, 0.29) is 18.0 Å². The van der Waals surface area contributed by atoms with Crippen molar-refractivity contribution >= 4 is 22.6 Å². The molecule has 2 aromatic heterocycles. The van der Waals surface area contributed by atoms with Crippen molar-refractivity contribution in [2.24, 2.45) is 0 Å². The van der Waals surface area contributed by atoms with Gasteiger partial charge in [-0.1, -0.05) is 12.1 Å². The number of aromatic nitrogens is 3. The maximum Gasteiger partial charge on any atom is 0.269 e. The minimum atomic E-state index is -0.324. The zero-order valence-corrected chi connectivity index (χ0v) is 15.7. The molecule has 29 heavy (non-hydrogen) atoms. The Kier molecular flexibility index (Phi) is 5.03. The van der Waals surface area contributed by atoms with E-state index in [9.17, 15) is 9.59 Å². The highest BCUT2D eigenvalue weighted by Gasteiger charge is 2.10. The number of nitrogens with zero attached hydrogens (tertiary/aromatic N) is 3. The van der Waals surface area contributed by atoms with Crippen LogP contribution < -0.4 is 15.6 Å². The molecule has 1 N–H and O–H groups in total. The minimum absolute atomic E-state index is 0.102. The number of fused-ring (bicyclic) bond motifs is 1. The molecule has 0 aliphatic heterocycles. The van der Waals surface area contributed by atoms with Gasteiger partial charge in [-0.25, -0.2) is 4.98 Å². The normalized spacial score (nSPS) is 10.7. The summed E-state index contributed by atoms with van der Waals surface area (Å²) in [5.74, 6) is 1.01. The molecule has 0 fully saturated rings. The van der Waals surface area contributed by atoms with Gasteiger partial charge in [-0.2, -0.15) is 0 Å². The monoisotopic (exact) mass is 386 g/mol. The van der Waals surface area contributed by atoms with Crippen LogP contribution in [0, 0.1) is 6.92 Å². The zero-order chi connectivity index (χ0) is 20.2. The Morgan fingerprint density at radius 1 is 1.10 bits per heavy atom. The fourth-order valence-corrected chi connectivity index (χ4v) is 3.00. The first-order chi connectivity index (χ1) is 14.1. The average molecular weight is 386 g/mol. The predicted molar refractivity (Wildman–Crippen MR) is 110 cm³/mol. The fourth-order valence-electron chi connectivity index (χ4n) is 3.00. The first-order valence-electron chi connectivity index (χ1n) is 9.03. The second kappa shape index (κ2) is 7.93. The number of carbonyl (C=O) groups excluding carboxylic acids is 1. The van der Waals surface area contributed by atoms with Gasteiger partial charge in [0.2, 0.25) is 5.91 Å². The lowest BCUT2D eigenvalue weighted by Crippen LogP contribution is -2.28. The Labute approximate surface area is 166 Å². The molecule has 0 radical (unpaired) electrons. The summed E-state index contributed by atoms with van der Waals surface area (Å²) >= 11 is 0. The van der Waals surface area contributed by atoms with Crippen LogP contribution in [0.15, 0.2) is 78.0 Å². The number of nitrogens with one attached hydrogen (secondary N) is 1. The van der Waals surface area contributed by atoms with Crippen LogP contribution in [0.3, 0.4) is 0 Å². The number of benzene rings is 2. The van der Waals surface area contributed by atoms with Gasteiger partial charge in [0.15, 0.2) is 0 Å². The number of hydrogen-bond donors (Lipinski definition) is 1. The number of anilines is 1. The van der Waals surface area contributed by atoms with Crippen LogP contribution in [-0.4, -0.2) is 20.4 Å². The molecule has 7 nitrogen and oxygen atoms in total. The van der Waals surface area contributed by atoms with Crippen LogP contribution in [0.5, 0.6) is 11.5 Å². The average Bonchev–Trinajstić information content (AvgIpc) is 2.73. The van der Waals surface area contributed by atoms with E-state index in [1.165, 1.54) is 10.8 Å². The summed E-state index contributed by atoms with van der Waals surface area (Å²) < 4.78 is 7.21. The summed E-state index contributed by atoms with van der Waals surface area (Å²) in [5, 5.41) is 2.83. The van der Waals surface area contributed by atoms with Gasteiger partial charge in [0.1, 0.15) is 18.0 Å². The number of amides is 1. The summed E-state index contributed by atoms with van der Waals surface area (Å²) in [4.78, 5) is 32.9. The second-order valence-corrected chi connectivity index (χ2v) is 6.49. The molecule has 0 saturated carbocycles. The van der Waals surface area contributed by atoms with Crippen molar-refractivity contribution in [3.8, 4) is 11.5 Å². The Morgan fingerprint density at radius 2 is 1.97 bits per heavy atom. The van der Waals surface area contributed by atoms with Gasteiger partial charge >= 0.3 is 0 Å². The molecule has 0 spiro atoms. The van der Waals surface area contributed by atoms with Crippen molar-refractivity contribution in [1.82, 2.24) is 14.5 Å². The molecule has 4 rings (SSSR count). The lowest BCUT2D eigenvalue weighted by molar-refractivity contribution is -0.116. The first kappa shape index (κ1) is 18.4. The molecule has 0 atom stereocenters. The second-order valence-electron chi connectivity index (χ2n) is 6.49. The number of pyridine rings is 1. The molecule has 144 valence electrons. The number of carbonyl (C=O) groups is 1.